The molecule has 156 valence electrons. The molecule has 0 bridgehead atoms. The van der Waals surface area contributed by atoms with Crippen molar-refractivity contribution in [2.24, 2.45) is 0 Å². The summed E-state index contributed by atoms with van der Waals surface area (Å²) in [5, 5.41) is 0. The van der Waals surface area contributed by atoms with Crippen LogP contribution in [0.2, 0.25) is 0 Å². The maximum Gasteiger partial charge on any atom is 0.257 e. The minimum Gasteiger partial charge on any atom is -0.472 e. The van der Waals surface area contributed by atoms with E-state index in [1.54, 1.807) is 0 Å². The highest BCUT2D eigenvalue weighted by Crippen LogP contribution is 2.66. The van der Waals surface area contributed by atoms with Crippen LogP contribution in [-0.2, 0) is 9.47 Å². The number of rotatable bonds is 7. The fraction of sp³-hybridized carbons (Fsp3) is 0.375. The van der Waals surface area contributed by atoms with Crippen LogP contribution in [0, 0.1) is 0 Å². The number of thiocarbonyl (C=S) groups is 1. The third kappa shape index (κ3) is 3.48. The Morgan fingerprint density at radius 1 is 0.900 bits per heavy atom. The van der Waals surface area contributed by atoms with Gasteiger partial charge < -0.3 is 9.47 Å². The van der Waals surface area contributed by atoms with Gasteiger partial charge in [-0.2, -0.15) is 0 Å². The summed E-state index contributed by atoms with van der Waals surface area (Å²) in [6, 6.07) is 21.9. The molecular formula is C24H27N2O2PS. The van der Waals surface area contributed by atoms with Crippen LogP contribution in [0.3, 0.4) is 0 Å². The maximum absolute atomic E-state index is 6.25. The molecular weight excluding hydrogens is 411 g/mol. The van der Waals surface area contributed by atoms with Crippen molar-refractivity contribution in [3.63, 3.8) is 0 Å². The van der Waals surface area contributed by atoms with E-state index in [1.165, 1.54) is 16.0 Å². The SMILES string of the molecule is CCC(=S)CCCP1N2C(=C3OC[C@H](c4ccccc4)N31)OC[C@@H]2c1ccccc1. The minimum absolute atomic E-state index is 0.239. The fourth-order valence-electron chi connectivity index (χ4n) is 4.46. The Morgan fingerprint density at radius 2 is 1.40 bits per heavy atom. The van der Waals surface area contributed by atoms with Crippen molar-refractivity contribution in [1.29, 1.82) is 0 Å². The monoisotopic (exact) mass is 438 g/mol. The van der Waals surface area contributed by atoms with Gasteiger partial charge in [0.1, 0.15) is 21.4 Å². The summed E-state index contributed by atoms with van der Waals surface area (Å²) >= 11 is 5.50. The Hall–Kier alpha value is -2.10. The Labute approximate surface area is 185 Å². The van der Waals surface area contributed by atoms with E-state index in [4.69, 9.17) is 21.7 Å². The maximum atomic E-state index is 6.25. The lowest BCUT2D eigenvalue weighted by Crippen LogP contribution is -2.24. The molecule has 0 spiro atoms. The molecule has 2 atom stereocenters. The molecule has 0 aromatic heterocycles. The Kier molecular flexibility index (Phi) is 5.66. The van der Waals surface area contributed by atoms with Crippen molar-refractivity contribution >= 4 is 25.3 Å². The van der Waals surface area contributed by atoms with Crippen LogP contribution >= 0.6 is 20.4 Å². The van der Waals surface area contributed by atoms with Gasteiger partial charge in [-0.1, -0.05) is 79.8 Å². The molecule has 3 aliphatic heterocycles. The van der Waals surface area contributed by atoms with Crippen LogP contribution in [0.15, 0.2) is 72.4 Å². The number of nitrogens with zero attached hydrogens (tertiary/aromatic N) is 2. The molecule has 3 aliphatic rings. The van der Waals surface area contributed by atoms with Gasteiger partial charge in [0.2, 0.25) is 0 Å². The van der Waals surface area contributed by atoms with Crippen LogP contribution < -0.4 is 0 Å². The van der Waals surface area contributed by atoms with Crippen LogP contribution in [-0.4, -0.2) is 33.6 Å². The second-order valence-corrected chi connectivity index (χ2v) is 10.5. The average molecular weight is 439 g/mol. The highest BCUT2D eigenvalue weighted by Gasteiger charge is 2.53. The highest BCUT2D eigenvalue weighted by atomic mass is 32.1. The Balaban J connectivity index is 1.47. The average Bonchev–Trinajstić information content (AvgIpc) is 3.48. The summed E-state index contributed by atoms with van der Waals surface area (Å²) in [6.45, 7) is 3.52. The van der Waals surface area contributed by atoms with E-state index >= 15 is 0 Å². The Morgan fingerprint density at radius 3 is 1.87 bits per heavy atom. The van der Waals surface area contributed by atoms with Crippen LogP contribution in [0.25, 0.3) is 0 Å². The summed E-state index contributed by atoms with van der Waals surface area (Å²) in [5.41, 5.74) is 2.62. The smallest absolute Gasteiger partial charge is 0.257 e. The van der Waals surface area contributed by atoms with E-state index in [9.17, 15) is 0 Å². The van der Waals surface area contributed by atoms with Crippen molar-refractivity contribution in [2.45, 2.75) is 38.3 Å². The minimum atomic E-state index is -0.604. The quantitative estimate of drug-likeness (QED) is 0.382. The van der Waals surface area contributed by atoms with Crippen LogP contribution in [0.1, 0.15) is 49.4 Å². The van der Waals surface area contributed by atoms with Gasteiger partial charge >= 0.3 is 0 Å². The normalized spacial score (nSPS) is 22.7. The Bertz CT molecular complexity index is 871. The van der Waals surface area contributed by atoms with Gasteiger partial charge in [0.25, 0.3) is 11.8 Å². The molecule has 6 heteroatoms. The number of hydrogen-bond acceptors (Lipinski definition) is 5. The number of fused-ring (bicyclic) bond motifs is 2. The first kappa shape index (κ1) is 19.8. The first-order chi connectivity index (χ1) is 14.8. The van der Waals surface area contributed by atoms with Gasteiger partial charge in [0.15, 0.2) is 0 Å². The predicted octanol–water partition coefficient (Wildman–Crippen LogP) is 6.15. The van der Waals surface area contributed by atoms with E-state index in [2.05, 4.69) is 76.9 Å². The molecule has 0 saturated carbocycles. The zero-order valence-electron chi connectivity index (χ0n) is 17.2. The summed E-state index contributed by atoms with van der Waals surface area (Å²) in [7, 11) is -0.604. The van der Waals surface area contributed by atoms with Crippen molar-refractivity contribution in [2.75, 3.05) is 19.4 Å². The van der Waals surface area contributed by atoms with Crippen molar-refractivity contribution < 1.29 is 9.47 Å². The van der Waals surface area contributed by atoms with E-state index in [0.717, 1.165) is 37.2 Å². The molecule has 2 saturated heterocycles. The van der Waals surface area contributed by atoms with Gasteiger partial charge in [-0.25, -0.2) is 0 Å². The van der Waals surface area contributed by atoms with Crippen LogP contribution in [0.4, 0.5) is 0 Å². The molecule has 2 fully saturated rings. The first-order valence-electron chi connectivity index (χ1n) is 10.7. The topological polar surface area (TPSA) is 24.9 Å². The lowest BCUT2D eigenvalue weighted by atomic mass is 10.1. The molecule has 30 heavy (non-hydrogen) atoms. The molecule has 0 amide bonds. The summed E-state index contributed by atoms with van der Waals surface area (Å²) in [4.78, 5) is 1.17. The third-order valence-corrected chi connectivity index (χ3v) is 9.14. The molecule has 4 nitrogen and oxygen atoms in total. The molecule has 3 heterocycles. The van der Waals surface area contributed by atoms with Gasteiger partial charge in [-0.15, -0.1) is 0 Å². The molecule has 0 aliphatic carbocycles. The largest absolute Gasteiger partial charge is 0.472 e. The van der Waals surface area contributed by atoms with Gasteiger partial charge in [-0.05, 0) is 35.3 Å². The summed E-state index contributed by atoms with van der Waals surface area (Å²) in [5.74, 6) is 1.87. The summed E-state index contributed by atoms with van der Waals surface area (Å²) in [6.07, 6.45) is 4.21. The van der Waals surface area contributed by atoms with Crippen molar-refractivity contribution in [3.05, 3.63) is 83.6 Å². The van der Waals surface area contributed by atoms with Crippen LogP contribution in [0.5, 0.6) is 0 Å². The molecule has 0 radical (unpaired) electrons. The van der Waals surface area contributed by atoms with Gasteiger partial charge in [0, 0.05) is 6.16 Å². The zero-order chi connectivity index (χ0) is 20.5. The summed E-state index contributed by atoms with van der Waals surface area (Å²) < 4.78 is 17.5. The second-order valence-electron chi connectivity index (χ2n) is 7.87. The van der Waals surface area contributed by atoms with E-state index in [-0.39, 0.29) is 12.1 Å². The fourth-order valence-corrected chi connectivity index (χ4v) is 7.44. The van der Waals surface area contributed by atoms with E-state index in [0.29, 0.717) is 13.2 Å². The zero-order valence-corrected chi connectivity index (χ0v) is 18.9. The standard InChI is InChI=1S/C24H27N2O2PS/c1-2-20(30)14-9-15-29-25-21(18-10-5-3-6-11-18)16-27-23(25)24-26(29)22(17-28-24)19-12-7-4-8-13-19/h3-8,10-13,21-22H,2,9,14-17H2,1H3/t21-,22-/m1/s1. The van der Waals surface area contributed by atoms with Crippen molar-refractivity contribution in [1.82, 2.24) is 9.34 Å². The number of hydrogen-bond donors (Lipinski definition) is 0. The molecule has 0 N–H and O–H groups in total. The molecule has 2 aromatic rings. The van der Waals surface area contributed by atoms with Crippen molar-refractivity contribution in [3.8, 4) is 0 Å². The number of ether oxygens (including phenoxy) is 2. The number of benzene rings is 2. The molecule has 5 rings (SSSR count). The molecule has 2 aromatic carbocycles. The van der Waals surface area contributed by atoms with E-state index in [1.807, 2.05) is 0 Å². The predicted molar refractivity (Wildman–Crippen MR) is 125 cm³/mol. The lowest BCUT2D eigenvalue weighted by Gasteiger charge is -2.35. The molecule has 0 unspecified atom stereocenters. The highest BCUT2D eigenvalue weighted by molar-refractivity contribution is 7.80. The lowest BCUT2D eigenvalue weighted by molar-refractivity contribution is 0.189. The first-order valence-corrected chi connectivity index (χ1v) is 12.6. The third-order valence-electron chi connectivity index (χ3n) is 6.02. The van der Waals surface area contributed by atoms with Gasteiger partial charge in [0.05, 0.1) is 12.1 Å². The van der Waals surface area contributed by atoms with E-state index < -0.39 is 8.22 Å². The van der Waals surface area contributed by atoms with Gasteiger partial charge in [-0.3, -0.25) is 9.34 Å². The second kappa shape index (κ2) is 8.56.